The molecule has 1 aromatic heterocycles. The van der Waals surface area contributed by atoms with Gasteiger partial charge >= 0.3 is 6.72 Å². The van der Waals surface area contributed by atoms with Crippen molar-refractivity contribution < 1.29 is 18.4 Å². The first-order valence-electron chi connectivity index (χ1n) is 5.76. The van der Waals surface area contributed by atoms with Crippen molar-refractivity contribution in [1.29, 1.82) is 0 Å². The minimum absolute atomic E-state index is 0.147. The number of hydrogen-bond acceptors (Lipinski definition) is 7. The van der Waals surface area contributed by atoms with Gasteiger partial charge in [0.25, 0.3) is 5.90 Å². The quantitative estimate of drug-likeness (QED) is 0.334. The van der Waals surface area contributed by atoms with Gasteiger partial charge in [0.2, 0.25) is 0 Å². The Hall–Kier alpha value is -1.01. The zero-order valence-electron chi connectivity index (χ0n) is 11.1. The minimum atomic E-state index is -2.89. The van der Waals surface area contributed by atoms with E-state index in [9.17, 15) is 0 Å². The zero-order chi connectivity index (χ0) is 14.1. The maximum Gasteiger partial charge on any atom is 0.381 e. The molecule has 106 valence electrons. The van der Waals surface area contributed by atoms with Crippen molar-refractivity contribution in [3.05, 3.63) is 30.1 Å². The summed E-state index contributed by atoms with van der Waals surface area (Å²) in [5.41, 5.74) is 0.498. The summed E-state index contributed by atoms with van der Waals surface area (Å²) < 4.78 is 16.4. The van der Waals surface area contributed by atoms with Crippen LogP contribution < -0.4 is 0 Å². The maximum absolute atomic E-state index is 5.59. The summed E-state index contributed by atoms with van der Waals surface area (Å²) in [5.74, 6) is 0.147. The van der Waals surface area contributed by atoms with Crippen LogP contribution in [-0.4, -0.2) is 31.2 Å². The third-order valence-corrected chi connectivity index (χ3v) is 4.23. The van der Waals surface area contributed by atoms with Gasteiger partial charge in [-0.15, -0.1) is 0 Å². The topological polar surface area (TPSA) is 62.2 Å². The van der Waals surface area contributed by atoms with Crippen LogP contribution in [0.1, 0.15) is 19.5 Å². The van der Waals surface area contributed by atoms with Crippen molar-refractivity contribution in [2.45, 2.75) is 13.8 Å². The fourth-order valence-corrected chi connectivity index (χ4v) is 3.19. The van der Waals surface area contributed by atoms with Crippen LogP contribution in [-0.2, 0) is 30.2 Å². The molecular weight excluding hydrogens is 287 g/mol. The molecule has 1 rings (SSSR count). The van der Waals surface area contributed by atoms with Gasteiger partial charge in [0.1, 0.15) is 12.8 Å². The van der Waals surface area contributed by atoms with Crippen molar-refractivity contribution in [2.75, 3.05) is 20.3 Å². The monoisotopic (exact) mass is 304 g/mol. The smallest absolute Gasteiger partial charge is 0.381 e. The van der Waals surface area contributed by atoms with Crippen molar-refractivity contribution in [1.82, 2.24) is 4.98 Å². The van der Waals surface area contributed by atoms with Crippen molar-refractivity contribution in [3.8, 4) is 0 Å². The Bertz CT molecular complexity index is 445. The van der Waals surface area contributed by atoms with E-state index in [1.165, 1.54) is 7.11 Å². The van der Waals surface area contributed by atoms with E-state index in [0.29, 0.717) is 18.9 Å². The van der Waals surface area contributed by atoms with Crippen molar-refractivity contribution >= 4 is 24.4 Å². The summed E-state index contributed by atoms with van der Waals surface area (Å²) in [5, 5.41) is 3.78. The molecule has 0 saturated heterocycles. The van der Waals surface area contributed by atoms with Crippen LogP contribution in [0.3, 0.4) is 0 Å². The molecule has 0 aliphatic carbocycles. The van der Waals surface area contributed by atoms with E-state index in [1.807, 2.05) is 19.9 Å². The van der Waals surface area contributed by atoms with Crippen LogP contribution in [0.4, 0.5) is 0 Å². The van der Waals surface area contributed by atoms with Crippen LogP contribution in [0.2, 0.25) is 0 Å². The Labute approximate surface area is 118 Å². The van der Waals surface area contributed by atoms with Gasteiger partial charge in [-0.2, -0.15) is 0 Å². The molecule has 0 bridgehead atoms. The molecule has 0 saturated carbocycles. The van der Waals surface area contributed by atoms with Gasteiger partial charge in [-0.05, 0) is 31.1 Å². The average Bonchev–Trinajstić information content (AvgIpc) is 2.40. The Morgan fingerprint density at radius 1 is 1.32 bits per heavy atom. The number of nitrogens with zero attached hydrogens (tertiary/aromatic N) is 2. The largest absolute Gasteiger partial charge is 0.400 e. The maximum atomic E-state index is 5.59. The molecule has 0 spiro atoms. The molecular formula is C11H17N2O4PS. The lowest BCUT2D eigenvalue weighted by molar-refractivity contribution is 0.189. The molecule has 6 nitrogen and oxygen atoms in total. The predicted molar refractivity (Wildman–Crippen MR) is 76.4 cm³/mol. The third-order valence-electron chi connectivity index (χ3n) is 1.83. The van der Waals surface area contributed by atoms with Gasteiger partial charge in [-0.3, -0.25) is 14.0 Å². The van der Waals surface area contributed by atoms with E-state index in [-0.39, 0.29) is 5.90 Å². The molecule has 0 atom stereocenters. The SMILES string of the molecule is CCOP(=S)(OCC)OC(=NOC)c1ccccn1. The summed E-state index contributed by atoms with van der Waals surface area (Å²) in [6.07, 6.45) is 1.62. The summed E-state index contributed by atoms with van der Waals surface area (Å²) in [7, 11) is 1.41. The van der Waals surface area contributed by atoms with Gasteiger partial charge in [-0.25, -0.2) is 0 Å². The lowest BCUT2D eigenvalue weighted by Crippen LogP contribution is -2.10. The highest BCUT2D eigenvalue weighted by molar-refractivity contribution is 8.07. The second-order valence-corrected chi connectivity index (χ2v) is 6.10. The molecule has 0 aliphatic rings. The Morgan fingerprint density at radius 3 is 2.47 bits per heavy atom. The highest BCUT2D eigenvalue weighted by Crippen LogP contribution is 2.50. The average molecular weight is 304 g/mol. The second kappa shape index (κ2) is 8.22. The van der Waals surface area contributed by atoms with E-state index in [2.05, 4.69) is 10.1 Å². The highest BCUT2D eigenvalue weighted by Gasteiger charge is 2.25. The van der Waals surface area contributed by atoms with E-state index >= 15 is 0 Å². The molecule has 0 aromatic carbocycles. The molecule has 0 fully saturated rings. The summed E-state index contributed by atoms with van der Waals surface area (Å²) in [4.78, 5) is 8.87. The predicted octanol–water partition coefficient (Wildman–Crippen LogP) is 2.70. The molecule has 0 N–H and O–H groups in total. The first-order chi connectivity index (χ1) is 9.15. The lowest BCUT2D eigenvalue weighted by Gasteiger charge is -2.21. The fourth-order valence-electron chi connectivity index (χ4n) is 1.19. The molecule has 19 heavy (non-hydrogen) atoms. The normalized spacial score (nSPS) is 12.3. The molecule has 0 aliphatic heterocycles. The van der Waals surface area contributed by atoms with Crippen LogP contribution in [0.15, 0.2) is 29.6 Å². The summed E-state index contributed by atoms with van der Waals surface area (Å²) >= 11 is 5.27. The van der Waals surface area contributed by atoms with Crippen molar-refractivity contribution in [3.63, 3.8) is 0 Å². The van der Waals surface area contributed by atoms with Crippen LogP contribution >= 0.6 is 6.72 Å². The number of aromatic nitrogens is 1. The first kappa shape index (κ1) is 16.0. The molecule has 0 radical (unpaired) electrons. The molecule has 0 amide bonds. The Morgan fingerprint density at radius 2 is 2.00 bits per heavy atom. The number of oxime groups is 1. The zero-order valence-corrected chi connectivity index (χ0v) is 12.8. The second-order valence-electron chi connectivity index (χ2n) is 3.17. The minimum Gasteiger partial charge on any atom is -0.400 e. The lowest BCUT2D eigenvalue weighted by atomic mass is 10.3. The first-order valence-corrected chi connectivity index (χ1v) is 8.32. The van der Waals surface area contributed by atoms with Crippen LogP contribution in [0.5, 0.6) is 0 Å². The fraction of sp³-hybridized carbons (Fsp3) is 0.455. The van der Waals surface area contributed by atoms with Crippen LogP contribution in [0, 0.1) is 0 Å². The van der Waals surface area contributed by atoms with E-state index in [4.69, 9.17) is 30.2 Å². The van der Waals surface area contributed by atoms with E-state index < -0.39 is 6.72 Å². The number of rotatable bonds is 7. The summed E-state index contributed by atoms with van der Waals surface area (Å²) in [6.45, 7) is 1.52. The third kappa shape index (κ3) is 5.24. The van der Waals surface area contributed by atoms with Gasteiger partial charge in [-0.1, -0.05) is 6.07 Å². The van der Waals surface area contributed by atoms with E-state index in [1.54, 1.807) is 18.3 Å². The molecule has 1 aromatic rings. The Kier molecular flexibility index (Phi) is 6.94. The van der Waals surface area contributed by atoms with Gasteiger partial charge in [0, 0.05) is 18.0 Å². The van der Waals surface area contributed by atoms with Gasteiger partial charge in [0.05, 0.1) is 13.2 Å². The summed E-state index contributed by atoms with van der Waals surface area (Å²) in [6, 6.07) is 5.33. The van der Waals surface area contributed by atoms with E-state index in [0.717, 1.165) is 0 Å². The van der Waals surface area contributed by atoms with Gasteiger partial charge in [0.15, 0.2) is 0 Å². The molecule has 8 heteroatoms. The highest BCUT2D eigenvalue weighted by atomic mass is 32.5. The number of hydrogen-bond donors (Lipinski definition) is 0. The standard InChI is InChI=1S/C11H17N2O4PS/c1-4-15-18(19,16-5-2)17-11(13-14-3)10-8-6-7-9-12-10/h6-9H,4-5H2,1-3H3. The van der Waals surface area contributed by atoms with Gasteiger partial charge < -0.3 is 9.36 Å². The molecule has 0 unspecified atom stereocenters. The Balaban J connectivity index is 2.95. The van der Waals surface area contributed by atoms with Crippen LogP contribution in [0.25, 0.3) is 0 Å². The number of pyridine rings is 1. The molecule has 1 heterocycles. The van der Waals surface area contributed by atoms with Crippen molar-refractivity contribution in [2.24, 2.45) is 5.16 Å².